The Morgan fingerprint density at radius 3 is 1.34 bits per heavy atom. The van der Waals surface area contributed by atoms with Crippen LogP contribution >= 0.6 is 0 Å². The summed E-state index contributed by atoms with van der Waals surface area (Å²) in [5.74, 6) is 0.871. The van der Waals surface area contributed by atoms with E-state index in [2.05, 4.69) is 52.8 Å². The first-order chi connectivity index (χ1) is 27.3. The fraction of sp³-hybridized carbons (Fsp3) is 0.833. The molecule has 0 spiro atoms. The quantitative estimate of drug-likeness (QED) is 0.0545. The number of Topliss-reactive ketones (excluding diaryl/α,β-unsaturated/α-hetero) is 1. The van der Waals surface area contributed by atoms with Crippen molar-refractivity contribution in [3.05, 3.63) is 40.5 Å². The first-order valence-electron chi connectivity index (χ1n) is 25.4. The topological polar surface area (TPSA) is 43.1 Å². The van der Waals surface area contributed by atoms with Crippen molar-refractivity contribution >= 4 is 11.4 Å². The molecular formula is C54H95NO. The Morgan fingerprint density at radius 1 is 0.571 bits per heavy atom. The van der Waals surface area contributed by atoms with Crippen LogP contribution in [0.2, 0.25) is 0 Å². The molecule has 2 bridgehead atoms. The number of benzene rings is 1. The van der Waals surface area contributed by atoms with Crippen molar-refractivity contribution in [1.82, 2.24) is 0 Å². The molecule has 2 atom stereocenters. The maximum absolute atomic E-state index is 14.4. The second-order valence-corrected chi connectivity index (χ2v) is 19.7. The van der Waals surface area contributed by atoms with E-state index in [-0.39, 0.29) is 10.8 Å². The summed E-state index contributed by atoms with van der Waals surface area (Å²) in [6.07, 6.45) is 49.1. The molecular weight excluding hydrogens is 679 g/mol. The van der Waals surface area contributed by atoms with Crippen LogP contribution in [0.25, 0.3) is 5.57 Å². The largest absolute Gasteiger partial charge is 0.326 e. The molecule has 2 saturated carbocycles. The number of hydrogen-bond acceptors (Lipinski definition) is 2. The summed E-state index contributed by atoms with van der Waals surface area (Å²) in [6, 6.07) is 7.03. The highest BCUT2D eigenvalue weighted by Crippen LogP contribution is 2.66. The van der Waals surface area contributed by atoms with E-state index in [4.69, 9.17) is 5.73 Å². The van der Waals surface area contributed by atoms with E-state index in [0.717, 1.165) is 19.3 Å². The van der Waals surface area contributed by atoms with Crippen LogP contribution < -0.4 is 5.73 Å². The zero-order valence-electron chi connectivity index (χ0n) is 38.5. The van der Waals surface area contributed by atoms with Crippen LogP contribution in [0.15, 0.2) is 23.8 Å². The number of allylic oxidation sites excluding steroid dienone is 2. The molecule has 2 fully saturated rings. The third-order valence-corrected chi connectivity index (χ3v) is 15.0. The van der Waals surface area contributed by atoms with Crippen molar-refractivity contribution in [2.45, 2.75) is 272 Å². The number of nitrogens with two attached hydrogens (primary N) is 1. The molecule has 1 aromatic carbocycles. The molecule has 0 aliphatic heterocycles. The van der Waals surface area contributed by atoms with E-state index >= 15 is 0 Å². The average Bonchev–Trinajstić information content (AvgIpc) is 3.51. The molecule has 0 aromatic heterocycles. The molecule has 2 aliphatic carbocycles. The zero-order chi connectivity index (χ0) is 40.3. The predicted molar refractivity (Wildman–Crippen MR) is 248 cm³/mol. The minimum Gasteiger partial charge on any atom is -0.326 e. The Kier molecular flexibility index (Phi) is 25.3. The molecule has 0 radical (unpaired) electrons. The van der Waals surface area contributed by atoms with Crippen LogP contribution in [0.5, 0.6) is 0 Å². The zero-order valence-corrected chi connectivity index (χ0v) is 38.5. The lowest BCUT2D eigenvalue weighted by atomic mass is 9.70. The van der Waals surface area contributed by atoms with Gasteiger partial charge in [0.05, 0.1) is 0 Å². The van der Waals surface area contributed by atoms with Crippen LogP contribution in [-0.4, -0.2) is 5.78 Å². The summed E-state index contributed by atoms with van der Waals surface area (Å²) in [4.78, 5) is 14.4. The molecule has 322 valence electrons. The highest BCUT2D eigenvalue weighted by Gasteiger charge is 2.64. The fourth-order valence-corrected chi connectivity index (χ4v) is 10.6. The van der Waals surface area contributed by atoms with E-state index < -0.39 is 0 Å². The first kappa shape index (κ1) is 49.0. The number of hydrogen-bond donors (Lipinski definition) is 1. The lowest BCUT2D eigenvalue weighted by molar-refractivity contribution is -0.125. The fourth-order valence-electron chi connectivity index (χ4n) is 10.6. The molecule has 2 unspecified atom stereocenters. The molecule has 2 nitrogen and oxygen atoms in total. The highest BCUT2D eigenvalue weighted by molar-refractivity contribution is 6.10. The van der Waals surface area contributed by atoms with Gasteiger partial charge in [0.15, 0.2) is 5.78 Å². The monoisotopic (exact) mass is 774 g/mol. The van der Waals surface area contributed by atoms with Gasteiger partial charge in [0.2, 0.25) is 0 Å². The maximum Gasteiger partial charge on any atom is 0.165 e. The van der Waals surface area contributed by atoms with Gasteiger partial charge in [0, 0.05) is 17.5 Å². The van der Waals surface area contributed by atoms with Gasteiger partial charge >= 0.3 is 0 Å². The lowest BCUT2D eigenvalue weighted by Gasteiger charge is -2.31. The smallest absolute Gasteiger partial charge is 0.165 e. The molecule has 1 aromatic rings. The van der Waals surface area contributed by atoms with Crippen molar-refractivity contribution in [2.75, 3.05) is 0 Å². The molecule has 0 amide bonds. The molecule has 0 heterocycles. The van der Waals surface area contributed by atoms with Gasteiger partial charge in [-0.2, -0.15) is 0 Å². The van der Waals surface area contributed by atoms with E-state index in [1.165, 1.54) is 240 Å². The van der Waals surface area contributed by atoms with Crippen LogP contribution in [0.4, 0.5) is 0 Å². The van der Waals surface area contributed by atoms with Crippen molar-refractivity contribution < 1.29 is 4.79 Å². The van der Waals surface area contributed by atoms with Crippen LogP contribution in [-0.2, 0) is 17.8 Å². The van der Waals surface area contributed by atoms with Gasteiger partial charge in [-0.1, -0.05) is 245 Å². The third-order valence-electron chi connectivity index (χ3n) is 15.0. The molecule has 2 heteroatoms. The van der Waals surface area contributed by atoms with Crippen molar-refractivity contribution in [3.8, 4) is 0 Å². The van der Waals surface area contributed by atoms with Gasteiger partial charge in [0.25, 0.3) is 0 Å². The number of fused-ring (bicyclic) bond motifs is 2. The van der Waals surface area contributed by atoms with Crippen LogP contribution in [0, 0.1) is 16.7 Å². The van der Waals surface area contributed by atoms with Gasteiger partial charge < -0.3 is 5.73 Å². The summed E-state index contributed by atoms with van der Waals surface area (Å²) in [5.41, 5.74) is 12.8. The minimum absolute atomic E-state index is 0.0462. The first-order valence-corrected chi connectivity index (χ1v) is 25.4. The minimum atomic E-state index is -0.210. The van der Waals surface area contributed by atoms with E-state index in [9.17, 15) is 4.79 Å². The summed E-state index contributed by atoms with van der Waals surface area (Å²) in [5, 5.41) is 0. The SMILES string of the molecule is CCCCCCCCCCCCCCCCCCC(=C1C(=O)C2(C)CCC1C2(C)C)c1ccc(CN)cc1CCCCCCCCCCCCCCCCCC. The summed E-state index contributed by atoms with van der Waals surface area (Å²) < 4.78 is 0. The summed E-state index contributed by atoms with van der Waals surface area (Å²) in [7, 11) is 0. The second-order valence-electron chi connectivity index (χ2n) is 19.7. The average molecular weight is 774 g/mol. The van der Waals surface area contributed by atoms with Gasteiger partial charge in [-0.15, -0.1) is 0 Å². The molecule has 3 rings (SSSR count). The Labute approximate surface area is 350 Å². The molecule has 56 heavy (non-hydrogen) atoms. The Morgan fingerprint density at radius 2 is 0.964 bits per heavy atom. The number of carbonyl (C=O) groups excluding carboxylic acids is 1. The lowest BCUT2D eigenvalue weighted by Crippen LogP contribution is -2.32. The van der Waals surface area contributed by atoms with Crippen molar-refractivity contribution in [2.24, 2.45) is 22.5 Å². The highest BCUT2D eigenvalue weighted by atomic mass is 16.1. The van der Waals surface area contributed by atoms with Crippen LogP contribution in [0.1, 0.15) is 276 Å². The number of rotatable bonds is 36. The van der Waals surface area contributed by atoms with Crippen molar-refractivity contribution in [1.29, 1.82) is 0 Å². The normalized spacial score (nSPS) is 19.8. The van der Waals surface area contributed by atoms with Gasteiger partial charge in [0.1, 0.15) is 0 Å². The van der Waals surface area contributed by atoms with E-state index in [1.807, 2.05) is 0 Å². The van der Waals surface area contributed by atoms with Gasteiger partial charge in [-0.3, -0.25) is 4.79 Å². The molecule has 2 N–H and O–H groups in total. The number of aryl methyl sites for hydroxylation is 1. The molecule has 2 aliphatic rings. The van der Waals surface area contributed by atoms with E-state index in [1.54, 1.807) is 0 Å². The predicted octanol–water partition coefficient (Wildman–Crippen LogP) is 17.4. The third kappa shape index (κ3) is 16.3. The second kappa shape index (κ2) is 28.9. The molecule has 0 saturated heterocycles. The van der Waals surface area contributed by atoms with Crippen molar-refractivity contribution in [3.63, 3.8) is 0 Å². The standard InChI is InChI=1S/C54H95NO/c1-6-8-10-12-14-16-18-20-22-24-26-28-30-32-34-36-38-47-44-46(45-55)40-41-48(47)49(51-50-42-43-54(5,52(51)56)53(50,3)4)39-37-35-33-31-29-27-25-23-21-19-17-15-13-11-9-7-2/h40-41,44,50H,6-39,42-43,45,55H2,1-5H3. The van der Waals surface area contributed by atoms with E-state index in [0.29, 0.717) is 18.2 Å². The van der Waals surface area contributed by atoms with Gasteiger partial charge in [-0.25, -0.2) is 0 Å². The number of ketones is 1. The maximum atomic E-state index is 14.4. The Bertz CT molecular complexity index is 1210. The number of unbranched alkanes of at least 4 members (excludes halogenated alkanes) is 30. The number of carbonyl (C=O) groups is 1. The Hall–Kier alpha value is -1.41. The Balaban J connectivity index is 1.45. The summed E-state index contributed by atoms with van der Waals surface area (Å²) >= 11 is 0. The van der Waals surface area contributed by atoms with Gasteiger partial charge in [-0.05, 0) is 72.1 Å². The van der Waals surface area contributed by atoms with Crippen LogP contribution in [0.3, 0.4) is 0 Å². The summed E-state index contributed by atoms with van der Waals surface area (Å²) in [6.45, 7) is 12.2.